The van der Waals surface area contributed by atoms with Crippen LogP contribution in [0.25, 0.3) is 11.0 Å². The minimum absolute atomic E-state index is 0.0496. The Hall–Kier alpha value is -3.59. The Bertz CT molecular complexity index is 1240. The lowest BCUT2D eigenvalue weighted by Gasteiger charge is -2.25. The summed E-state index contributed by atoms with van der Waals surface area (Å²) in [5.74, 6) is -1.09. The number of nitro groups is 1. The Morgan fingerprint density at radius 1 is 1.16 bits per heavy atom. The zero-order valence-corrected chi connectivity index (χ0v) is 17.0. The highest BCUT2D eigenvalue weighted by Crippen LogP contribution is 2.38. The first-order valence-electron chi connectivity index (χ1n) is 9.74. The van der Waals surface area contributed by atoms with E-state index in [1.165, 1.54) is 41.3 Å². The van der Waals surface area contributed by atoms with E-state index in [9.17, 15) is 24.1 Å². The van der Waals surface area contributed by atoms with Gasteiger partial charge in [0.05, 0.1) is 21.9 Å². The fourth-order valence-corrected chi connectivity index (χ4v) is 3.91. The second-order valence-corrected chi connectivity index (χ2v) is 7.72. The molecular formula is C22H20FN3O5. The first-order valence-corrected chi connectivity index (χ1v) is 9.74. The monoisotopic (exact) mass is 425 g/mol. The number of carbonyl (C=O) groups is 1. The van der Waals surface area contributed by atoms with E-state index in [0.717, 1.165) is 12.6 Å². The van der Waals surface area contributed by atoms with E-state index < -0.39 is 28.1 Å². The van der Waals surface area contributed by atoms with Crippen LogP contribution in [0.2, 0.25) is 0 Å². The smallest absolute Gasteiger partial charge is 0.290 e. The third-order valence-electron chi connectivity index (χ3n) is 5.35. The van der Waals surface area contributed by atoms with E-state index in [1.807, 2.05) is 19.0 Å². The van der Waals surface area contributed by atoms with Crippen LogP contribution in [-0.4, -0.2) is 47.8 Å². The number of hydrogen-bond donors (Lipinski definition) is 0. The summed E-state index contributed by atoms with van der Waals surface area (Å²) in [5.41, 5.74) is 0.228. The van der Waals surface area contributed by atoms with Crippen molar-refractivity contribution in [3.05, 3.63) is 85.5 Å². The second-order valence-electron chi connectivity index (χ2n) is 7.72. The van der Waals surface area contributed by atoms with Crippen LogP contribution >= 0.6 is 0 Å². The minimum atomic E-state index is -0.769. The van der Waals surface area contributed by atoms with Crippen LogP contribution in [-0.2, 0) is 0 Å². The summed E-state index contributed by atoms with van der Waals surface area (Å²) < 4.78 is 19.5. The van der Waals surface area contributed by atoms with Gasteiger partial charge in [0, 0.05) is 18.7 Å². The molecule has 0 fully saturated rings. The van der Waals surface area contributed by atoms with Gasteiger partial charge in [-0.05, 0) is 63.0 Å². The van der Waals surface area contributed by atoms with Crippen LogP contribution in [0, 0.1) is 15.9 Å². The van der Waals surface area contributed by atoms with Gasteiger partial charge >= 0.3 is 0 Å². The zero-order chi connectivity index (χ0) is 22.3. The molecule has 9 heteroatoms. The van der Waals surface area contributed by atoms with Crippen molar-refractivity contribution in [3.63, 3.8) is 0 Å². The first-order chi connectivity index (χ1) is 14.8. The van der Waals surface area contributed by atoms with Gasteiger partial charge in [0.15, 0.2) is 5.43 Å². The van der Waals surface area contributed by atoms with Crippen molar-refractivity contribution in [3.8, 4) is 0 Å². The van der Waals surface area contributed by atoms with Crippen molar-refractivity contribution in [2.75, 3.05) is 27.2 Å². The fraction of sp³-hybridized carbons (Fsp3) is 0.273. The van der Waals surface area contributed by atoms with Gasteiger partial charge in [-0.1, -0.05) is 0 Å². The molecule has 8 nitrogen and oxygen atoms in total. The predicted octanol–water partition coefficient (Wildman–Crippen LogP) is 3.34. The number of nitrogens with zero attached hydrogens (tertiary/aromatic N) is 3. The Labute approximate surface area is 176 Å². The Morgan fingerprint density at radius 2 is 1.87 bits per heavy atom. The number of non-ortho nitro benzene ring substituents is 1. The summed E-state index contributed by atoms with van der Waals surface area (Å²) in [5, 5.41) is 11.1. The van der Waals surface area contributed by atoms with Crippen molar-refractivity contribution in [2.24, 2.45) is 0 Å². The normalized spacial score (nSPS) is 15.7. The molecule has 31 heavy (non-hydrogen) atoms. The molecule has 160 valence electrons. The molecule has 1 atom stereocenters. The Balaban J connectivity index is 1.87. The van der Waals surface area contributed by atoms with Gasteiger partial charge in [0.2, 0.25) is 5.76 Å². The predicted molar refractivity (Wildman–Crippen MR) is 112 cm³/mol. The number of hydrogen-bond acceptors (Lipinski definition) is 6. The highest BCUT2D eigenvalue weighted by Gasteiger charge is 2.42. The van der Waals surface area contributed by atoms with Crippen molar-refractivity contribution in [1.29, 1.82) is 0 Å². The van der Waals surface area contributed by atoms with Gasteiger partial charge in [0.25, 0.3) is 11.6 Å². The molecule has 4 rings (SSSR count). The van der Waals surface area contributed by atoms with Crippen molar-refractivity contribution < 1.29 is 18.5 Å². The minimum Gasteiger partial charge on any atom is -0.450 e. The average Bonchev–Trinajstić information content (AvgIpc) is 3.01. The molecule has 2 aromatic carbocycles. The molecule has 1 aliphatic heterocycles. The van der Waals surface area contributed by atoms with Crippen LogP contribution < -0.4 is 5.43 Å². The summed E-state index contributed by atoms with van der Waals surface area (Å²) in [7, 11) is 3.83. The lowest BCUT2D eigenvalue weighted by atomic mass is 9.98. The van der Waals surface area contributed by atoms with E-state index in [2.05, 4.69) is 0 Å². The molecule has 1 aliphatic rings. The van der Waals surface area contributed by atoms with Gasteiger partial charge in [-0.15, -0.1) is 0 Å². The van der Waals surface area contributed by atoms with Gasteiger partial charge in [-0.3, -0.25) is 19.7 Å². The molecule has 0 saturated carbocycles. The number of benzene rings is 2. The maximum absolute atomic E-state index is 13.8. The molecule has 1 amide bonds. The molecule has 0 bridgehead atoms. The maximum atomic E-state index is 13.8. The molecule has 1 unspecified atom stereocenters. The van der Waals surface area contributed by atoms with Crippen LogP contribution in [0.15, 0.2) is 51.7 Å². The fourth-order valence-electron chi connectivity index (χ4n) is 3.91. The largest absolute Gasteiger partial charge is 0.450 e. The summed E-state index contributed by atoms with van der Waals surface area (Å²) in [6.45, 7) is 1.08. The zero-order valence-electron chi connectivity index (χ0n) is 17.0. The van der Waals surface area contributed by atoms with Gasteiger partial charge in [0.1, 0.15) is 11.4 Å². The number of amides is 1. The molecule has 1 aromatic heterocycles. The topological polar surface area (TPSA) is 96.9 Å². The summed E-state index contributed by atoms with van der Waals surface area (Å²) >= 11 is 0. The van der Waals surface area contributed by atoms with Crippen LogP contribution in [0.4, 0.5) is 10.1 Å². The quantitative estimate of drug-likeness (QED) is 0.444. The maximum Gasteiger partial charge on any atom is 0.290 e. The SMILES string of the molecule is CN(C)CCCN1C(=O)c2oc3ccc(F)cc3c(=O)c2C1c1ccc([N+](=O)[O-])cc1. The molecule has 2 heterocycles. The molecule has 0 aliphatic carbocycles. The molecule has 0 N–H and O–H groups in total. The van der Waals surface area contributed by atoms with Crippen molar-refractivity contribution in [2.45, 2.75) is 12.5 Å². The number of halogens is 1. The van der Waals surface area contributed by atoms with Crippen molar-refractivity contribution in [1.82, 2.24) is 9.80 Å². The van der Waals surface area contributed by atoms with E-state index in [4.69, 9.17) is 4.42 Å². The molecule has 0 radical (unpaired) electrons. The standard InChI is InChI=1S/C22H20FN3O5/c1-24(2)10-3-11-25-19(13-4-7-15(8-5-13)26(29)30)18-20(27)16-12-14(23)6-9-17(16)31-21(18)22(25)28/h4-9,12,19H,3,10-11H2,1-2H3. The van der Waals surface area contributed by atoms with Crippen LogP contribution in [0.1, 0.15) is 34.1 Å². The number of fused-ring (bicyclic) bond motifs is 2. The van der Waals surface area contributed by atoms with E-state index in [1.54, 1.807) is 0 Å². The summed E-state index contributed by atoms with van der Waals surface area (Å²) in [6.07, 6.45) is 0.651. The van der Waals surface area contributed by atoms with E-state index in [-0.39, 0.29) is 28.0 Å². The summed E-state index contributed by atoms with van der Waals surface area (Å²) in [6, 6.07) is 8.53. The lowest BCUT2D eigenvalue weighted by molar-refractivity contribution is -0.384. The molecule has 0 spiro atoms. The molecule has 0 saturated heterocycles. The Kier molecular flexibility index (Phi) is 5.28. The van der Waals surface area contributed by atoms with Crippen LogP contribution in [0.3, 0.4) is 0 Å². The van der Waals surface area contributed by atoms with E-state index in [0.29, 0.717) is 18.5 Å². The Morgan fingerprint density at radius 3 is 2.52 bits per heavy atom. The van der Waals surface area contributed by atoms with E-state index >= 15 is 0 Å². The highest BCUT2D eigenvalue weighted by molar-refractivity contribution is 5.99. The second kappa shape index (κ2) is 7.92. The third-order valence-corrected chi connectivity index (χ3v) is 5.35. The van der Waals surface area contributed by atoms with Gasteiger partial charge < -0.3 is 14.2 Å². The highest BCUT2D eigenvalue weighted by atomic mass is 19.1. The van der Waals surface area contributed by atoms with Crippen molar-refractivity contribution >= 4 is 22.6 Å². The number of rotatable bonds is 6. The summed E-state index contributed by atoms with van der Waals surface area (Å²) in [4.78, 5) is 40.5. The lowest BCUT2D eigenvalue weighted by Crippen LogP contribution is -2.32. The first kappa shape index (κ1) is 20.7. The molecule has 3 aromatic rings. The number of nitro benzene ring substituents is 1. The third kappa shape index (κ3) is 3.68. The van der Waals surface area contributed by atoms with Crippen LogP contribution in [0.5, 0.6) is 0 Å². The average molecular weight is 425 g/mol. The number of carbonyl (C=O) groups excluding carboxylic acids is 1. The van der Waals surface area contributed by atoms with Gasteiger partial charge in [-0.2, -0.15) is 0 Å². The molecular weight excluding hydrogens is 405 g/mol. The van der Waals surface area contributed by atoms with Gasteiger partial charge in [-0.25, -0.2) is 4.39 Å².